The molecule has 0 aromatic rings. The Kier molecular flexibility index (Phi) is 2.52. The van der Waals surface area contributed by atoms with Gasteiger partial charge in [0.2, 0.25) is 5.92 Å². The van der Waals surface area contributed by atoms with Crippen molar-refractivity contribution in [3.8, 4) is 0 Å². The fourth-order valence-electron chi connectivity index (χ4n) is 2.58. The van der Waals surface area contributed by atoms with Crippen molar-refractivity contribution in [1.82, 2.24) is 10.2 Å². The number of halogens is 2. The molecular formula is C10H18F2N2. The van der Waals surface area contributed by atoms with Gasteiger partial charge in [0.1, 0.15) is 0 Å². The van der Waals surface area contributed by atoms with Gasteiger partial charge >= 0.3 is 0 Å². The summed E-state index contributed by atoms with van der Waals surface area (Å²) in [6.45, 7) is 2.83. The normalized spacial score (nSPS) is 31.9. The summed E-state index contributed by atoms with van der Waals surface area (Å²) >= 11 is 0. The first-order valence-electron chi connectivity index (χ1n) is 5.34. The Bertz CT molecular complexity index is 208. The van der Waals surface area contributed by atoms with Crippen molar-refractivity contribution >= 4 is 0 Å². The topological polar surface area (TPSA) is 15.3 Å². The molecule has 0 aromatic carbocycles. The van der Waals surface area contributed by atoms with Crippen LogP contribution in [0.5, 0.6) is 0 Å². The average molecular weight is 204 g/mol. The van der Waals surface area contributed by atoms with Crippen LogP contribution in [0, 0.1) is 0 Å². The molecule has 1 heterocycles. The second-order valence-corrected chi connectivity index (χ2v) is 4.68. The Hall–Kier alpha value is -0.220. The Balaban J connectivity index is 2.03. The van der Waals surface area contributed by atoms with E-state index in [1.54, 1.807) is 0 Å². The molecule has 4 heteroatoms. The standard InChI is InChI=1S/C10H18F2N2/c1-14-7-6-13-8-9(14)2-4-10(11,12)5-3-9/h13H,2-8H2,1H3. The number of hydrogen-bond acceptors (Lipinski definition) is 2. The van der Waals surface area contributed by atoms with E-state index < -0.39 is 5.92 Å². The molecule has 2 rings (SSSR count). The highest BCUT2D eigenvalue weighted by atomic mass is 19.3. The highest BCUT2D eigenvalue weighted by Crippen LogP contribution is 2.41. The third-order valence-electron chi connectivity index (χ3n) is 3.80. The van der Waals surface area contributed by atoms with Gasteiger partial charge in [-0.15, -0.1) is 0 Å². The molecule has 0 unspecified atom stereocenters. The zero-order valence-electron chi connectivity index (χ0n) is 8.65. The summed E-state index contributed by atoms with van der Waals surface area (Å²) in [4.78, 5) is 2.26. The highest BCUT2D eigenvalue weighted by molar-refractivity contribution is 4.99. The van der Waals surface area contributed by atoms with Gasteiger partial charge in [0.25, 0.3) is 0 Å². The minimum Gasteiger partial charge on any atom is -0.314 e. The van der Waals surface area contributed by atoms with E-state index >= 15 is 0 Å². The van der Waals surface area contributed by atoms with Crippen LogP contribution in [0.3, 0.4) is 0 Å². The first-order chi connectivity index (χ1) is 6.54. The molecule has 0 aromatic heterocycles. The number of nitrogens with one attached hydrogen (secondary N) is 1. The van der Waals surface area contributed by atoms with Crippen LogP contribution in [-0.2, 0) is 0 Å². The summed E-state index contributed by atoms with van der Waals surface area (Å²) in [6.07, 6.45) is 1.37. The zero-order chi connectivity index (χ0) is 10.2. The molecule has 1 spiro atoms. The van der Waals surface area contributed by atoms with Gasteiger partial charge in [-0.2, -0.15) is 0 Å². The number of alkyl halides is 2. The van der Waals surface area contributed by atoms with Crippen LogP contribution in [0.15, 0.2) is 0 Å². The Morgan fingerprint density at radius 1 is 1.14 bits per heavy atom. The lowest BCUT2D eigenvalue weighted by atomic mass is 9.78. The van der Waals surface area contributed by atoms with E-state index in [4.69, 9.17) is 0 Å². The molecule has 1 aliphatic heterocycles. The van der Waals surface area contributed by atoms with Crippen molar-refractivity contribution in [1.29, 1.82) is 0 Å². The minimum atomic E-state index is -2.41. The SMILES string of the molecule is CN1CCNCC12CCC(F)(F)CC2. The van der Waals surface area contributed by atoms with E-state index in [1.165, 1.54) is 0 Å². The van der Waals surface area contributed by atoms with Crippen molar-refractivity contribution in [2.24, 2.45) is 0 Å². The average Bonchev–Trinajstić information content (AvgIpc) is 2.15. The van der Waals surface area contributed by atoms with E-state index in [9.17, 15) is 8.78 Å². The quantitative estimate of drug-likeness (QED) is 0.643. The first kappa shape index (κ1) is 10.3. The predicted octanol–water partition coefficient (Wildman–Crippen LogP) is 1.47. The van der Waals surface area contributed by atoms with Crippen LogP contribution < -0.4 is 5.32 Å². The van der Waals surface area contributed by atoms with Gasteiger partial charge in [-0.1, -0.05) is 0 Å². The number of piperazine rings is 1. The smallest absolute Gasteiger partial charge is 0.248 e. The molecule has 14 heavy (non-hydrogen) atoms. The van der Waals surface area contributed by atoms with Crippen LogP contribution in [0.2, 0.25) is 0 Å². The predicted molar refractivity (Wildman–Crippen MR) is 51.6 cm³/mol. The van der Waals surface area contributed by atoms with Crippen LogP contribution in [0.25, 0.3) is 0 Å². The number of hydrogen-bond donors (Lipinski definition) is 1. The largest absolute Gasteiger partial charge is 0.314 e. The van der Waals surface area contributed by atoms with E-state index in [1.807, 2.05) is 0 Å². The number of nitrogens with zero attached hydrogens (tertiary/aromatic N) is 1. The second kappa shape index (κ2) is 3.42. The van der Waals surface area contributed by atoms with E-state index in [-0.39, 0.29) is 18.4 Å². The van der Waals surface area contributed by atoms with E-state index in [2.05, 4.69) is 17.3 Å². The summed E-state index contributed by atoms with van der Waals surface area (Å²) < 4.78 is 26.1. The van der Waals surface area contributed by atoms with Crippen LogP contribution in [0.1, 0.15) is 25.7 Å². The highest BCUT2D eigenvalue weighted by Gasteiger charge is 2.46. The van der Waals surface area contributed by atoms with Gasteiger partial charge in [-0.25, -0.2) is 8.78 Å². The zero-order valence-corrected chi connectivity index (χ0v) is 8.65. The molecule has 1 saturated carbocycles. The number of likely N-dealkylation sites (N-methyl/N-ethyl adjacent to an activating group) is 1. The summed E-state index contributed by atoms with van der Waals surface area (Å²) in [5.41, 5.74) is 0.0138. The molecule has 1 aliphatic carbocycles. The van der Waals surface area contributed by atoms with Gasteiger partial charge in [0.05, 0.1) is 0 Å². The van der Waals surface area contributed by atoms with Crippen molar-refractivity contribution < 1.29 is 8.78 Å². The molecule has 82 valence electrons. The Morgan fingerprint density at radius 2 is 1.79 bits per heavy atom. The monoisotopic (exact) mass is 204 g/mol. The molecular weight excluding hydrogens is 186 g/mol. The Morgan fingerprint density at radius 3 is 2.36 bits per heavy atom. The molecule has 2 aliphatic rings. The van der Waals surface area contributed by atoms with E-state index in [0.29, 0.717) is 12.8 Å². The van der Waals surface area contributed by atoms with E-state index in [0.717, 1.165) is 19.6 Å². The van der Waals surface area contributed by atoms with Crippen molar-refractivity contribution in [3.05, 3.63) is 0 Å². The maximum absolute atomic E-state index is 13.0. The van der Waals surface area contributed by atoms with Crippen LogP contribution in [0.4, 0.5) is 8.78 Å². The maximum atomic E-state index is 13.0. The van der Waals surface area contributed by atoms with Crippen LogP contribution >= 0.6 is 0 Å². The lowest BCUT2D eigenvalue weighted by Crippen LogP contribution is -2.61. The maximum Gasteiger partial charge on any atom is 0.248 e. The lowest BCUT2D eigenvalue weighted by Gasteiger charge is -2.49. The van der Waals surface area contributed by atoms with Gasteiger partial charge in [-0.05, 0) is 19.9 Å². The molecule has 0 amide bonds. The van der Waals surface area contributed by atoms with Gasteiger partial charge < -0.3 is 5.32 Å². The number of rotatable bonds is 0. The molecule has 1 saturated heterocycles. The molecule has 0 atom stereocenters. The van der Waals surface area contributed by atoms with Crippen molar-refractivity contribution in [2.45, 2.75) is 37.1 Å². The summed E-state index contributed by atoms with van der Waals surface area (Å²) in [7, 11) is 2.06. The first-order valence-corrected chi connectivity index (χ1v) is 5.34. The van der Waals surface area contributed by atoms with Crippen LogP contribution in [-0.4, -0.2) is 43.0 Å². The molecule has 2 nitrogen and oxygen atoms in total. The Labute approximate surface area is 83.7 Å². The minimum absolute atomic E-state index is 0.0138. The lowest BCUT2D eigenvalue weighted by molar-refractivity contribution is -0.0820. The van der Waals surface area contributed by atoms with Gasteiger partial charge in [0, 0.05) is 38.0 Å². The fourth-order valence-corrected chi connectivity index (χ4v) is 2.58. The van der Waals surface area contributed by atoms with Crippen molar-refractivity contribution in [3.63, 3.8) is 0 Å². The van der Waals surface area contributed by atoms with Gasteiger partial charge in [-0.3, -0.25) is 4.90 Å². The second-order valence-electron chi connectivity index (χ2n) is 4.68. The molecule has 0 bridgehead atoms. The summed E-state index contributed by atoms with van der Waals surface area (Å²) in [5, 5.41) is 3.32. The fraction of sp³-hybridized carbons (Fsp3) is 1.00. The molecule has 2 fully saturated rings. The molecule has 0 radical (unpaired) electrons. The summed E-state index contributed by atoms with van der Waals surface area (Å²) in [5.74, 6) is -2.41. The third kappa shape index (κ3) is 1.77. The van der Waals surface area contributed by atoms with Crippen molar-refractivity contribution in [2.75, 3.05) is 26.7 Å². The third-order valence-corrected chi connectivity index (χ3v) is 3.80. The van der Waals surface area contributed by atoms with Gasteiger partial charge in [0.15, 0.2) is 0 Å². The molecule has 1 N–H and O–H groups in total. The summed E-state index contributed by atoms with van der Waals surface area (Å²) in [6, 6.07) is 0.